The first-order chi connectivity index (χ1) is 12.4. The number of hydrogen-bond donors (Lipinski definition) is 1. The maximum atomic E-state index is 13.1. The van der Waals surface area contributed by atoms with Crippen molar-refractivity contribution in [3.63, 3.8) is 0 Å². The van der Waals surface area contributed by atoms with Gasteiger partial charge in [0.05, 0.1) is 11.1 Å². The molecule has 1 amide bonds. The van der Waals surface area contributed by atoms with Gasteiger partial charge in [0.1, 0.15) is 4.83 Å². The van der Waals surface area contributed by atoms with E-state index in [0.29, 0.717) is 17.6 Å². The van der Waals surface area contributed by atoms with Crippen LogP contribution >= 0.6 is 23.1 Å². The third-order valence-electron chi connectivity index (χ3n) is 4.96. The fourth-order valence-corrected chi connectivity index (χ4v) is 5.32. The lowest BCUT2D eigenvalue weighted by atomic mass is 10.1. The summed E-state index contributed by atoms with van der Waals surface area (Å²) in [7, 11) is 0. The number of hydrogen-bond acceptors (Lipinski definition) is 5. The van der Waals surface area contributed by atoms with Crippen molar-refractivity contribution >= 4 is 39.2 Å². The van der Waals surface area contributed by atoms with E-state index in [2.05, 4.69) is 26.1 Å². The molecule has 7 heteroatoms. The molecule has 1 N–H and O–H groups in total. The van der Waals surface area contributed by atoms with Gasteiger partial charge in [-0.3, -0.25) is 14.2 Å². The third-order valence-corrected chi connectivity index (χ3v) is 7.12. The third kappa shape index (κ3) is 3.83. The molecule has 0 saturated heterocycles. The van der Waals surface area contributed by atoms with Crippen LogP contribution in [0.3, 0.4) is 0 Å². The molecule has 2 aromatic heterocycles. The van der Waals surface area contributed by atoms with Crippen molar-refractivity contribution < 1.29 is 4.79 Å². The molecule has 0 spiro atoms. The minimum Gasteiger partial charge on any atom is -0.353 e. The van der Waals surface area contributed by atoms with Gasteiger partial charge in [-0.1, -0.05) is 32.5 Å². The molecular formula is C19H27N3O2S2. The van der Waals surface area contributed by atoms with Crippen molar-refractivity contribution in [3.8, 4) is 0 Å². The van der Waals surface area contributed by atoms with Crippen LogP contribution in [0.25, 0.3) is 10.2 Å². The smallest absolute Gasteiger partial charge is 0.263 e. The van der Waals surface area contributed by atoms with Crippen LogP contribution in [0.15, 0.2) is 9.95 Å². The van der Waals surface area contributed by atoms with Crippen molar-refractivity contribution in [1.82, 2.24) is 14.9 Å². The largest absolute Gasteiger partial charge is 0.353 e. The molecular weight excluding hydrogens is 366 g/mol. The monoisotopic (exact) mass is 393 g/mol. The normalized spacial score (nSPS) is 14.8. The summed E-state index contributed by atoms with van der Waals surface area (Å²) in [6.07, 6.45) is 4.04. The molecule has 1 aliphatic carbocycles. The predicted octanol–water partition coefficient (Wildman–Crippen LogP) is 3.61. The first kappa shape index (κ1) is 19.4. The highest BCUT2D eigenvalue weighted by Gasteiger charge is 2.23. The van der Waals surface area contributed by atoms with Gasteiger partial charge in [0.25, 0.3) is 5.56 Å². The van der Waals surface area contributed by atoms with Crippen LogP contribution in [0.4, 0.5) is 0 Å². The Labute approximate surface area is 162 Å². The second-order valence-corrected chi connectivity index (χ2v) is 9.30. The number of amides is 1. The highest BCUT2D eigenvalue weighted by Crippen LogP contribution is 2.35. The Hall–Kier alpha value is -1.34. The fourth-order valence-electron chi connectivity index (χ4n) is 3.18. The molecule has 0 radical (unpaired) electrons. The van der Waals surface area contributed by atoms with Crippen molar-refractivity contribution in [2.45, 2.75) is 71.1 Å². The number of nitrogens with one attached hydrogen (secondary N) is 1. The number of nitrogens with zero attached hydrogens (tertiary/aromatic N) is 2. The quantitative estimate of drug-likeness (QED) is 0.576. The number of rotatable bonds is 7. The van der Waals surface area contributed by atoms with E-state index in [-0.39, 0.29) is 23.3 Å². The molecule has 5 nitrogen and oxygen atoms in total. The van der Waals surface area contributed by atoms with Crippen molar-refractivity contribution in [2.75, 3.05) is 5.75 Å². The molecule has 2 aromatic rings. The SMILES string of the molecule is CCCn1c(SCC(=O)N[C@@H](C)C(C)C)nc2sc3c(c2c1=O)CCC3. The Morgan fingerprint density at radius 2 is 2.12 bits per heavy atom. The summed E-state index contributed by atoms with van der Waals surface area (Å²) in [4.78, 5) is 32.2. The minimum atomic E-state index is -0.0118. The van der Waals surface area contributed by atoms with E-state index in [4.69, 9.17) is 4.98 Å². The highest BCUT2D eigenvalue weighted by atomic mass is 32.2. The van der Waals surface area contributed by atoms with Gasteiger partial charge in [0.2, 0.25) is 5.91 Å². The van der Waals surface area contributed by atoms with E-state index < -0.39 is 0 Å². The maximum absolute atomic E-state index is 13.1. The van der Waals surface area contributed by atoms with E-state index in [1.54, 1.807) is 15.9 Å². The first-order valence-corrected chi connectivity index (χ1v) is 11.2. The Morgan fingerprint density at radius 3 is 2.81 bits per heavy atom. The standard InChI is InChI=1S/C19H27N3O2S2/c1-5-9-22-18(24)16-13-7-6-8-14(13)26-17(16)21-19(22)25-10-15(23)20-12(4)11(2)3/h11-12H,5-10H2,1-4H3,(H,20,23)/t12-/m0/s1. The molecule has 0 bridgehead atoms. The summed E-state index contributed by atoms with van der Waals surface area (Å²) >= 11 is 3.02. The average molecular weight is 394 g/mol. The topological polar surface area (TPSA) is 64.0 Å². The number of aryl methyl sites for hydroxylation is 2. The van der Waals surface area contributed by atoms with Crippen molar-refractivity contribution in [3.05, 3.63) is 20.8 Å². The molecule has 0 unspecified atom stereocenters. The van der Waals surface area contributed by atoms with E-state index in [1.807, 2.05) is 6.92 Å². The summed E-state index contributed by atoms with van der Waals surface area (Å²) in [5, 5.41) is 4.49. The lowest BCUT2D eigenvalue weighted by Gasteiger charge is -2.17. The van der Waals surface area contributed by atoms with Crippen LogP contribution in [0.2, 0.25) is 0 Å². The lowest BCUT2D eigenvalue weighted by Crippen LogP contribution is -2.37. The summed E-state index contributed by atoms with van der Waals surface area (Å²) in [5.41, 5.74) is 1.28. The summed E-state index contributed by atoms with van der Waals surface area (Å²) in [6, 6.07) is 0.136. The predicted molar refractivity (Wildman–Crippen MR) is 109 cm³/mol. The molecule has 1 aliphatic rings. The zero-order valence-corrected chi connectivity index (χ0v) is 17.6. The van der Waals surface area contributed by atoms with Crippen LogP contribution in [-0.2, 0) is 24.2 Å². The molecule has 26 heavy (non-hydrogen) atoms. The van der Waals surface area contributed by atoms with Crippen LogP contribution in [0.5, 0.6) is 0 Å². The van der Waals surface area contributed by atoms with Gasteiger partial charge in [-0.2, -0.15) is 0 Å². The summed E-state index contributed by atoms with van der Waals surface area (Å²) in [5.74, 6) is 0.663. The first-order valence-electron chi connectivity index (χ1n) is 9.39. The van der Waals surface area contributed by atoms with Gasteiger partial charge in [-0.25, -0.2) is 4.98 Å². The van der Waals surface area contributed by atoms with E-state index in [1.165, 1.54) is 22.2 Å². The summed E-state index contributed by atoms with van der Waals surface area (Å²) < 4.78 is 1.76. The van der Waals surface area contributed by atoms with Gasteiger partial charge >= 0.3 is 0 Å². The van der Waals surface area contributed by atoms with E-state index in [0.717, 1.165) is 35.9 Å². The number of carbonyl (C=O) groups is 1. The Morgan fingerprint density at radius 1 is 1.35 bits per heavy atom. The van der Waals surface area contributed by atoms with Gasteiger partial charge in [-0.05, 0) is 44.1 Å². The Bertz CT molecular complexity index is 870. The molecule has 3 rings (SSSR count). The van der Waals surface area contributed by atoms with Gasteiger partial charge in [0.15, 0.2) is 5.16 Å². The Balaban J connectivity index is 1.87. The highest BCUT2D eigenvalue weighted by molar-refractivity contribution is 7.99. The fraction of sp³-hybridized carbons (Fsp3) is 0.632. The molecule has 0 aliphatic heterocycles. The van der Waals surface area contributed by atoms with Crippen molar-refractivity contribution in [2.24, 2.45) is 5.92 Å². The van der Waals surface area contributed by atoms with E-state index in [9.17, 15) is 9.59 Å². The molecule has 142 valence electrons. The van der Waals surface area contributed by atoms with Gasteiger partial charge in [-0.15, -0.1) is 11.3 Å². The molecule has 1 atom stereocenters. The van der Waals surface area contributed by atoms with E-state index >= 15 is 0 Å². The maximum Gasteiger partial charge on any atom is 0.263 e. The lowest BCUT2D eigenvalue weighted by molar-refractivity contribution is -0.119. The molecule has 2 heterocycles. The number of carbonyl (C=O) groups excluding carboxylic acids is 1. The number of thiophene rings is 1. The Kier molecular flexibility index (Phi) is 6.07. The van der Waals surface area contributed by atoms with Gasteiger partial charge < -0.3 is 5.32 Å². The molecule has 0 aromatic carbocycles. The average Bonchev–Trinajstić information content (AvgIpc) is 3.16. The zero-order chi connectivity index (χ0) is 18.8. The second kappa shape index (κ2) is 8.13. The number of thioether (sulfide) groups is 1. The summed E-state index contributed by atoms with van der Waals surface area (Å²) in [6.45, 7) is 8.88. The number of aromatic nitrogens is 2. The van der Waals surface area contributed by atoms with Crippen molar-refractivity contribution in [1.29, 1.82) is 0 Å². The zero-order valence-electron chi connectivity index (χ0n) is 15.9. The van der Waals surface area contributed by atoms with Gasteiger partial charge in [0, 0.05) is 17.5 Å². The second-order valence-electron chi connectivity index (χ2n) is 7.28. The number of fused-ring (bicyclic) bond motifs is 3. The molecule has 0 saturated carbocycles. The molecule has 0 fully saturated rings. The van der Waals surface area contributed by atoms with Crippen LogP contribution in [0.1, 0.15) is 51.0 Å². The minimum absolute atomic E-state index is 0.0118. The van der Waals surface area contributed by atoms with Crippen LogP contribution < -0.4 is 10.9 Å². The van der Waals surface area contributed by atoms with Crippen LogP contribution in [0, 0.1) is 5.92 Å². The van der Waals surface area contributed by atoms with Crippen LogP contribution in [-0.4, -0.2) is 27.3 Å².